The van der Waals surface area contributed by atoms with E-state index in [9.17, 15) is 0 Å². The third-order valence-electron chi connectivity index (χ3n) is 3.35. The van der Waals surface area contributed by atoms with Gasteiger partial charge in [0, 0.05) is 5.30 Å². The molecule has 3 rings (SSSR count). The molecule has 0 aliphatic carbocycles. The number of halogens is 4. The van der Waals surface area contributed by atoms with Crippen LogP contribution in [-0.4, -0.2) is 0 Å². The van der Waals surface area contributed by atoms with Crippen LogP contribution in [0.4, 0.5) is 0 Å². The largest absolute Gasteiger partial charge is 0.0826 e. The standard InChI is InChI=1S/C18H11Cl4P/c19-14-11-15(17(21)18(22)16(14)20)23(12-7-3-1-4-8-12)13-9-5-2-6-10-13/h1-11H. The highest BCUT2D eigenvalue weighted by molar-refractivity contribution is 7.80. The quantitative estimate of drug-likeness (QED) is 0.285. The van der Waals surface area contributed by atoms with E-state index in [1.165, 1.54) is 10.6 Å². The summed E-state index contributed by atoms with van der Waals surface area (Å²) in [5.41, 5.74) is 0. The van der Waals surface area contributed by atoms with E-state index >= 15 is 0 Å². The highest BCUT2D eigenvalue weighted by atomic mass is 35.5. The summed E-state index contributed by atoms with van der Waals surface area (Å²) in [7, 11) is -0.871. The maximum absolute atomic E-state index is 6.51. The highest BCUT2D eigenvalue weighted by Gasteiger charge is 2.23. The van der Waals surface area contributed by atoms with E-state index in [4.69, 9.17) is 46.4 Å². The van der Waals surface area contributed by atoms with Gasteiger partial charge < -0.3 is 0 Å². The molecule has 0 radical (unpaired) electrons. The van der Waals surface area contributed by atoms with Crippen molar-refractivity contribution in [3.05, 3.63) is 86.8 Å². The second-order valence-corrected chi connectivity index (χ2v) is 8.55. The lowest BCUT2D eigenvalue weighted by atomic mass is 10.3. The van der Waals surface area contributed by atoms with Crippen LogP contribution in [0.15, 0.2) is 66.7 Å². The van der Waals surface area contributed by atoms with Crippen LogP contribution < -0.4 is 15.9 Å². The maximum Gasteiger partial charge on any atom is 0.0800 e. The molecule has 0 fully saturated rings. The number of hydrogen-bond donors (Lipinski definition) is 0. The lowest BCUT2D eigenvalue weighted by Crippen LogP contribution is -2.21. The van der Waals surface area contributed by atoms with Crippen LogP contribution in [0.2, 0.25) is 20.1 Å². The van der Waals surface area contributed by atoms with Crippen molar-refractivity contribution in [2.45, 2.75) is 0 Å². The first-order valence-corrected chi connectivity index (χ1v) is 9.68. The van der Waals surface area contributed by atoms with E-state index in [1.807, 2.05) is 42.5 Å². The SMILES string of the molecule is Clc1cc(P(c2ccccc2)c2ccccc2)c(Cl)c(Cl)c1Cl. The Kier molecular flexibility index (Phi) is 5.52. The summed E-state index contributed by atoms with van der Waals surface area (Å²) >= 11 is 25.1. The van der Waals surface area contributed by atoms with Crippen LogP contribution >= 0.6 is 54.3 Å². The minimum absolute atomic E-state index is 0.290. The van der Waals surface area contributed by atoms with Gasteiger partial charge in [-0.3, -0.25) is 0 Å². The van der Waals surface area contributed by atoms with E-state index in [-0.39, 0.29) is 5.02 Å². The van der Waals surface area contributed by atoms with E-state index in [1.54, 1.807) is 0 Å². The monoisotopic (exact) mass is 398 g/mol. The number of hydrogen-bond acceptors (Lipinski definition) is 0. The fraction of sp³-hybridized carbons (Fsp3) is 0. The predicted octanol–water partition coefficient (Wildman–Crippen LogP) is 6.06. The zero-order valence-electron chi connectivity index (χ0n) is 11.8. The molecular formula is C18H11Cl4P. The topological polar surface area (TPSA) is 0 Å². The summed E-state index contributed by atoms with van der Waals surface area (Å²) < 4.78 is 0. The maximum atomic E-state index is 6.51. The molecule has 0 unspecified atom stereocenters. The van der Waals surface area contributed by atoms with E-state index in [0.717, 1.165) is 5.30 Å². The van der Waals surface area contributed by atoms with Crippen molar-refractivity contribution in [2.75, 3.05) is 0 Å². The van der Waals surface area contributed by atoms with Crippen LogP contribution in [0.3, 0.4) is 0 Å². The van der Waals surface area contributed by atoms with Crippen molar-refractivity contribution in [1.82, 2.24) is 0 Å². The zero-order chi connectivity index (χ0) is 16.4. The van der Waals surface area contributed by atoms with Gasteiger partial charge in [-0.25, -0.2) is 0 Å². The van der Waals surface area contributed by atoms with Gasteiger partial charge in [0.1, 0.15) is 0 Å². The summed E-state index contributed by atoms with van der Waals surface area (Å²) in [6.07, 6.45) is 0. The van der Waals surface area contributed by atoms with Gasteiger partial charge >= 0.3 is 0 Å². The third-order valence-corrected chi connectivity index (χ3v) is 7.70. The van der Waals surface area contributed by atoms with Crippen LogP contribution in [0, 0.1) is 0 Å². The van der Waals surface area contributed by atoms with Gasteiger partial charge in [0.15, 0.2) is 0 Å². The Morgan fingerprint density at radius 2 is 1.04 bits per heavy atom. The Hall–Kier alpha value is -0.750. The molecule has 0 aromatic heterocycles. The molecule has 0 heterocycles. The summed E-state index contributed by atoms with van der Waals surface area (Å²) in [5.74, 6) is 0. The molecule has 0 nitrogen and oxygen atoms in total. The van der Waals surface area contributed by atoms with Crippen LogP contribution in [0.5, 0.6) is 0 Å². The molecule has 0 saturated heterocycles. The molecule has 0 amide bonds. The molecule has 116 valence electrons. The van der Waals surface area contributed by atoms with E-state index < -0.39 is 7.92 Å². The second kappa shape index (κ2) is 7.43. The lowest BCUT2D eigenvalue weighted by Gasteiger charge is -2.21. The Morgan fingerprint density at radius 1 is 0.565 bits per heavy atom. The highest BCUT2D eigenvalue weighted by Crippen LogP contribution is 2.42. The Bertz CT molecular complexity index is 780. The lowest BCUT2D eigenvalue weighted by molar-refractivity contribution is 1.73. The van der Waals surface area contributed by atoms with Crippen molar-refractivity contribution in [2.24, 2.45) is 0 Å². The second-order valence-electron chi connectivity index (χ2n) is 4.83. The number of rotatable bonds is 3. The molecule has 0 spiro atoms. The summed E-state index contributed by atoms with van der Waals surface area (Å²) in [6.45, 7) is 0. The van der Waals surface area contributed by atoms with Crippen LogP contribution in [0.1, 0.15) is 0 Å². The smallest absolute Gasteiger partial charge is 0.0800 e. The molecular weight excluding hydrogens is 389 g/mol. The van der Waals surface area contributed by atoms with Crippen molar-refractivity contribution >= 4 is 70.2 Å². The molecule has 0 aliphatic heterocycles. The average molecular weight is 400 g/mol. The van der Waals surface area contributed by atoms with Crippen molar-refractivity contribution in [3.63, 3.8) is 0 Å². The van der Waals surface area contributed by atoms with E-state index in [2.05, 4.69) is 24.3 Å². The van der Waals surface area contributed by atoms with Gasteiger partial charge in [0.05, 0.1) is 20.1 Å². The van der Waals surface area contributed by atoms with Crippen molar-refractivity contribution in [1.29, 1.82) is 0 Å². The Balaban J connectivity index is 2.26. The van der Waals surface area contributed by atoms with Gasteiger partial charge in [0.25, 0.3) is 0 Å². The van der Waals surface area contributed by atoms with Gasteiger partial charge in [-0.15, -0.1) is 0 Å². The van der Waals surface area contributed by atoms with Crippen molar-refractivity contribution in [3.8, 4) is 0 Å². The molecule has 0 aliphatic rings. The summed E-state index contributed by atoms with van der Waals surface area (Å²) in [5, 5.41) is 4.71. The van der Waals surface area contributed by atoms with E-state index in [0.29, 0.717) is 15.1 Å². The zero-order valence-corrected chi connectivity index (χ0v) is 15.7. The normalized spacial score (nSPS) is 11.0. The van der Waals surface area contributed by atoms with Crippen molar-refractivity contribution < 1.29 is 0 Å². The fourth-order valence-electron chi connectivity index (χ4n) is 2.30. The molecule has 0 bridgehead atoms. The molecule has 23 heavy (non-hydrogen) atoms. The molecule has 3 aromatic carbocycles. The molecule has 0 N–H and O–H groups in total. The first-order valence-electron chi connectivity index (χ1n) is 6.83. The summed E-state index contributed by atoms with van der Waals surface area (Å²) in [4.78, 5) is 0. The van der Waals surface area contributed by atoms with Gasteiger partial charge in [-0.1, -0.05) is 107 Å². The van der Waals surface area contributed by atoms with Gasteiger partial charge in [-0.05, 0) is 24.6 Å². The first kappa shape index (κ1) is 17.1. The molecule has 0 saturated carbocycles. The van der Waals surface area contributed by atoms with Crippen LogP contribution in [0.25, 0.3) is 0 Å². The minimum atomic E-state index is -0.871. The Labute approximate surface area is 156 Å². The van der Waals surface area contributed by atoms with Gasteiger partial charge in [-0.2, -0.15) is 0 Å². The average Bonchev–Trinajstić information content (AvgIpc) is 2.60. The molecule has 3 aromatic rings. The predicted molar refractivity (Wildman–Crippen MR) is 105 cm³/mol. The number of benzene rings is 3. The fourth-order valence-corrected chi connectivity index (χ4v) is 5.86. The molecule has 0 atom stereocenters. The first-order chi connectivity index (χ1) is 11.1. The minimum Gasteiger partial charge on any atom is -0.0826 e. The Morgan fingerprint density at radius 3 is 1.52 bits per heavy atom. The molecule has 5 heteroatoms. The summed E-state index contributed by atoms with van der Waals surface area (Å²) in [6, 6.07) is 22.2. The third kappa shape index (κ3) is 3.53. The van der Waals surface area contributed by atoms with Gasteiger partial charge in [0.2, 0.25) is 0 Å². The van der Waals surface area contributed by atoms with Crippen LogP contribution in [-0.2, 0) is 0 Å².